The molecule has 0 aromatic carbocycles. The predicted molar refractivity (Wildman–Crippen MR) is 61.5 cm³/mol. The number of carboxylic acids is 1. The third-order valence-electron chi connectivity index (χ3n) is 2.25. The number of rotatable bonds is 5. The second-order valence-corrected chi connectivity index (χ2v) is 4.35. The molecule has 98 valence electrons. The molecule has 0 aromatic heterocycles. The minimum absolute atomic E-state index is 0.116. The van der Waals surface area contributed by atoms with Crippen LogP contribution in [0.25, 0.3) is 0 Å². The first-order valence-corrected chi connectivity index (χ1v) is 5.20. The fourth-order valence-electron chi connectivity index (χ4n) is 1.03. The standard InChI is InChI=1S/C10H19N3O4/c1-6(7(14)15)13-9(17)12-5-10(2,3)8(16)11-4/h6H,5H2,1-4H3,(H,11,16)(H,14,15)(H2,12,13,17)/t6-/m0/s1. The van der Waals surface area contributed by atoms with E-state index in [0.29, 0.717) is 0 Å². The zero-order valence-corrected chi connectivity index (χ0v) is 10.5. The van der Waals surface area contributed by atoms with Crippen LogP contribution in [0.15, 0.2) is 0 Å². The van der Waals surface area contributed by atoms with Gasteiger partial charge in [0.05, 0.1) is 5.41 Å². The zero-order valence-electron chi connectivity index (χ0n) is 10.5. The van der Waals surface area contributed by atoms with Gasteiger partial charge in [-0.25, -0.2) is 4.79 Å². The summed E-state index contributed by atoms with van der Waals surface area (Å²) in [4.78, 5) is 33.2. The molecule has 0 aliphatic rings. The topological polar surface area (TPSA) is 108 Å². The summed E-state index contributed by atoms with van der Waals surface area (Å²) in [5, 5.41) is 15.7. The van der Waals surface area contributed by atoms with Crippen LogP contribution in [0.3, 0.4) is 0 Å². The summed E-state index contributed by atoms with van der Waals surface area (Å²) in [7, 11) is 1.51. The number of urea groups is 1. The Hall–Kier alpha value is -1.79. The van der Waals surface area contributed by atoms with Gasteiger partial charge in [-0.2, -0.15) is 0 Å². The van der Waals surface area contributed by atoms with Gasteiger partial charge in [0.2, 0.25) is 5.91 Å². The van der Waals surface area contributed by atoms with Crippen molar-refractivity contribution in [3.63, 3.8) is 0 Å². The fraction of sp³-hybridized carbons (Fsp3) is 0.700. The van der Waals surface area contributed by atoms with E-state index in [2.05, 4.69) is 16.0 Å². The maximum atomic E-state index is 11.4. The first-order chi connectivity index (χ1) is 7.70. The molecular formula is C10H19N3O4. The first kappa shape index (κ1) is 15.2. The second kappa shape index (κ2) is 6.07. The second-order valence-electron chi connectivity index (χ2n) is 4.35. The molecule has 17 heavy (non-hydrogen) atoms. The van der Waals surface area contributed by atoms with Crippen molar-refractivity contribution in [1.29, 1.82) is 0 Å². The highest BCUT2D eigenvalue weighted by Crippen LogP contribution is 2.12. The van der Waals surface area contributed by atoms with Crippen LogP contribution in [0.5, 0.6) is 0 Å². The van der Waals surface area contributed by atoms with Gasteiger partial charge in [0, 0.05) is 13.6 Å². The third kappa shape index (κ3) is 5.19. The van der Waals surface area contributed by atoms with Crippen molar-refractivity contribution < 1.29 is 19.5 Å². The van der Waals surface area contributed by atoms with Crippen LogP contribution in [0, 0.1) is 5.41 Å². The largest absolute Gasteiger partial charge is 0.480 e. The van der Waals surface area contributed by atoms with E-state index in [-0.39, 0.29) is 12.5 Å². The molecule has 7 nitrogen and oxygen atoms in total. The predicted octanol–water partition coefficient (Wildman–Crippen LogP) is -0.469. The van der Waals surface area contributed by atoms with Crippen molar-refractivity contribution in [1.82, 2.24) is 16.0 Å². The summed E-state index contributed by atoms with van der Waals surface area (Å²) in [6.07, 6.45) is 0. The van der Waals surface area contributed by atoms with Crippen LogP contribution in [-0.2, 0) is 9.59 Å². The molecule has 0 radical (unpaired) electrons. The summed E-state index contributed by atoms with van der Waals surface area (Å²) in [5.41, 5.74) is -0.751. The van der Waals surface area contributed by atoms with Crippen LogP contribution in [0.2, 0.25) is 0 Å². The number of hydrogen-bond donors (Lipinski definition) is 4. The van der Waals surface area contributed by atoms with Gasteiger partial charge in [0.15, 0.2) is 0 Å². The van der Waals surface area contributed by atoms with Gasteiger partial charge in [-0.3, -0.25) is 9.59 Å². The number of aliphatic carboxylic acids is 1. The van der Waals surface area contributed by atoms with E-state index in [1.165, 1.54) is 14.0 Å². The molecule has 4 N–H and O–H groups in total. The summed E-state index contributed by atoms with van der Waals surface area (Å²) < 4.78 is 0. The molecule has 3 amide bonds. The maximum absolute atomic E-state index is 11.4. The molecule has 0 heterocycles. The summed E-state index contributed by atoms with van der Waals surface area (Å²) in [6.45, 7) is 4.82. The van der Waals surface area contributed by atoms with E-state index >= 15 is 0 Å². The van der Waals surface area contributed by atoms with Crippen molar-refractivity contribution in [3.05, 3.63) is 0 Å². The lowest BCUT2D eigenvalue weighted by Gasteiger charge is -2.23. The zero-order chi connectivity index (χ0) is 13.6. The number of amides is 3. The lowest BCUT2D eigenvalue weighted by molar-refractivity contribution is -0.138. The maximum Gasteiger partial charge on any atom is 0.325 e. The molecule has 0 aromatic rings. The van der Waals surface area contributed by atoms with Crippen molar-refractivity contribution in [2.45, 2.75) is 26.8 Å². The average Bonchev–Trinajstić information content (AvgIpc) is 2.25. The van der Waals surface area contributed by atoms with Gasteiger partial charge in [-0.1, -0.05) is 0 Å². The lowest BCUT2D eigenvalue weighted by Crippen LogP contribution is -2.49. The van der Waals surface area contributed by atoms with E-state index < -0.39 is 23.5 Å². The van der Waals surface area contributed by atoms with Crippen LogP contribution in [0.4, 0.5) is 4.79 Å². The number of hydrogen-bond acceptors (Lipinski definition) is 3. The highest BCUT2D eigenvalue weighted by molar-refractivity contribution is 5.84. The minimum atomic E-state index is -1.12. The van der Waals surface area contributed by atoms with E-state index in [9.17, 15) is 14.4 Å². The molecule has 1 atom stereocenters. The molecule has 0 unspecified atom stereocenters. The Labute approximate surface area is 100.0 Å². The van der Waals surface area contributed by atoms with E-state index in [1.807, 2.05) is 0 Å². The normalized spacial score (nSPS) is 12.5. The van der Waals surface area contributed by atoms with Crippen molar-refractivity contribution in [2.24, 2.45) is 5.41 Å². The Morgan fingerprint density at radius 1 is 1.29 bits per heavy atom. The van der Waals surface area contributed by atoms with Crippen LogP contribution in [-0.4, -0.2) is 42.6 Å². The molecule has 0 bridgehead atoms. The number of carboxylic acid groups (broad SMARTS) is 1. The lowest BCUT2D eigenvalue weighted by atomic mass is 9.92. The van der Waals surface area contributed by atoms with Gasteiger partial charge in [-0.05, 0) is 20.8 Å². The Bertz CT molecular complexity index is 315. The number of nitrogens with one attached hydrogen (secondary N) is 3. The quantitative estimate of drug-likeness (QED) is 0.525. The third-order valence-corrected chi connectivity index (χ3v) is 2.25. The van der Waals surface area contributed by atoms with Gasteiger partial charge in [0.1, 0.15) is 6.04 Å². The van der Waals surface area contributed by atoms with Gasteiger partial charge in [0.25, 0.3) is 0 Å². The molecule has 0 rings (SSSR count). The SMILES string of the molecule is CNC(=O)C(C)(C)CNC(=O)N[C@@H](C)C(=O)O. The molecular weight excluding hydrogens is 226 g/mol. The van der Waals surface area contributed by atoms with Gasteiger partial charge >= 0.3 is 12.0 Å². The van der Waals surface area contributed by atoms with Crippen LogP contribution < -0.4 is 16.0 Å². The molecule has 0 saturated carbocycles. The van der Waals surface area contributed by atoms with Gasteiger partial charge < -0.3 is 21.1 Å². The minimum Gasteiger partial charge on any atom is -0.480 e. The molecule has 7 heteroatoms. The van der Waals surface area contributed by atoms with Crippen molar-refractivity contribution in [2.75, 3.05) is 13.6 Å². The first-order valence-electron chi connectivity index (χ1n) is 5.20. The van der Waals surface area contributed by atoms with E-state index in [4.69, 9.17) is 5.11 Å². The summed E-state index contributed by atoms with van der Waals surface area (Å²) in [6, 6.07) is -1.59. The molecule has 0 fully saturated rings. The molecule has 0 aliphatic carbocycles. The summed E-state index contributed by atoms with van der Waals surface area (Å²) >= 11 is 0. The van der Waals surface area contributed by atoms with E-state index in [0.717, 1.165) is 0 Å². The fourth-order valence-corrected chi connectivity index (χ4v) is 1.03. The Balaban J connectivity index is 4.16. The highest BCUT2D eigenvalue weighted by Gasteiger charge is 2.27. The molecule has 0 saturated heterocycles. The number of carbonyl (C=O) groups excluding carboxylic acids is 2. The highest BCUT2D eigenvalue weighted by atomic mass is 16.4. The average molecular weight is 245 g/mol. The number of carbonyl (C=O) groups is 3. The summed E-state index contributed by atoms with van der Waals surface area (Å²) in [5.74, 6) is -1.32. The smallest absolute Gasteiger partial charge is 0.325 e. The van der Waals surface area contributed by atoms with Crippen molar-refractivity contribution >= 4 is 17.9 Å². The molecule has 0 aliphatic heterocycles. The van der Waals surface area contributed by atoms with Crippen LogP contribution >= 0.6 is 0 Å². The van der Waals surface area contributed by atoms with Crippen molar-refractivity contribution in [3.8, 4) is 0 Å². The molecule has 0 spiro atoms. The van der Waals surface area contributed by atoms with Crippen LogP contribution in [0.1, 0.15) is 20.8 Å². The Morgan fingerprint density at radius 2 is 1.82 bits per heavy atom. The monoisotopic (exact) mass is 245 g/mol. The Kier molecular flexibility index (Phi) is 5.43. The Morgan fingerprint density at radius 3 is 2.24 bits per heavy atom. The van der Waals surface area contributed by atoms with E-state index in [1.54, 1.807) is 13.8 Å². The van der Waals surface area contributed by atoms with Gasteiger partial charge in [-0.15, -0.1) is 0 Å².